The standard InChI is InChI=1S/C15H30N4OS.HI/c1-6-16-14(17-8-7-13(20)18-12(2)3)19-9-10-21-15(4,5)11-19;/h12H,6-11H2,1-5H3,(H,16,17)(H,18,20);1H. The number of amides is 1. The van der Waals surface area contributed by atoms with E-state index in [9.17, 15) is 4.79 Å². The van der Waals surface area contributed by atoms with Crippen LogP contribution < -0.4 is 10.6 Å². The van der Waals surface area contributed by atoms with Crippen molar-refractivity contribution in [3.8, 4) is 0 Å². The molecule has 22 heavy (non-hydrogen) atoms. The fourth-order valence-corrected chi connectivity index (χ4v) is 3.39. The molecule has 5 nitrogen and oxygen atoms in total. The second-order valence-electron chi connectivity index (χ2n) is 6.24. The first-order valence-corrected chi connectivity index (χ1v) is 8.79. The number of nitrogens with one attached hydrogen (secondary N) is 2. The minimum atomic E-state index is 0. The monoisotopic (exact) mass is 442 g/mol. The van der Waals surface area contributed by atoms with Gasteiger partial charge in [0.15, 0.2) is 5.96 Å². The quantitative estimate of drug-likeness (QED) is 0.390. The van der Waals surface area contributed by atoms with Gasteiger partial charge in [-0.25, -0.2) is 0 Å². The number of hydrogen-bond acceptors (Lipinski definition) is 3. The molecule has 0 spiro atoms. The molecule has 2 N–H and O–H groups in total. The average Bonchev–Trinajstić information content (AvgIpc) is 2.35. The van der Waals surface area contributed by atoms with Gasteiger partial charge in [-0.15, -0.1) is 24.0 Å². The number of guanidine groups is 1. The molecule has 1 fully saturated rings. The van der Waals surface area contributed by atoms with Crippen molar-refractivity contribution >= 4 is 47.6 Å². The van der Waals surface area contributed by atoms with Crippen LogP contribution in [0.25, 0.3) is 0 Å². The average molecular weight is 442 g/mol. The van der Waals surface area contributed by atoms with E-state index in [0.717, 1.165) is 31.3 Å². The van der Waals surface area contributed by atoms with Crippen molar-refractivity contribution in [3.63, 3.8) is 0 Å². The highest BCUT2D eigenvalue weighted by Gasteiger charge is 2.28. The Balaban J connectivity index is 0.00000441. The zero-order valence-corrected chi connectivity index (χ0v) is 17.6. The Labute approximate surface area is 156 Å². The maximum absolute atomic E-state index is 11.7. The predicted octanol–water partition coefficient (Wildman–Crippen LogP) is 2.31. The Bertz CT molecular complexity index is 375. The van der Waals surface area contributed by atoms with Gasteiger partial charge in [-0.3, -0.25) is 9.79 Å². The molecule has 0 saturated carbocycles. The highest BCUT2D eigenvalue weighted by atomic mass is 127. The molecule has 1 saturated heterocycles. The highest BCUT2D eigenvalue weighted by Crippen LogP contribution is 2.29. The lowest BCUT2D eigenvalue weighted by molar-refractivity contribution is -0.121. The molecular weight excluding hydrogens is 411 g/mol. The van der Waals surface area contributed by atoms with Crippen LogP contribution in [-0.4, -0.2) is 59.5 Å². The molecule has 1 amide bonds. The van der Waals surface area contributed by atoms with Crippen molar-refractivity contribution in [2.45, 2.75) is 51.8 Å². The van der Waals surface area contributed by atoms with E-state index in [1.54, 1.807) is 0 Å². The Morgan fingerprint density at radius 3 is 2.64 bits per heavy atom. The number of carbonyl (C=O) groups is 1. The van der Waals surface area contributed by atoms with Gasteiger partial charge in [0.25, 0.3) is 0 Å². The molecule has 130 valence electrons. The maximum Gasteiger partial charge on any atom is 0.222 e. The summed E-state index contributed by atoms with van der Waals surface area (Å²) >= 11 is 2.01. The van der Waals surface area contributed by atoms with Crippen LogP contribution in [0.3, 0.4) is 0 Å². The van der Waals surface area contributed by atoms with Gasteiger partial charge in [-0.1, -0.05) is 0 Å². The smallest absolute Gasteiger partial charge is 0.222 e. The fourth-order valence-electron chi connectivity index (χ4n) is 2.28. The first-order valence-electron chi connectivity index (χ1n) is 7.80. The zero-order chi connectivity index (χ0) is 15.9. The van der Waals surface area contributed by atoms with Gasteiger partial charge in [0.05, 0.1) is 6.54 Å². The van der Waals surface area contributed by atoms with Crippen molar-refractivity contribution in [1.29, 1.82) is 0 Å². The van der Waals surface area contributed by atoms with Crippen molar-refractivity contribution < 1.29 is 4.79 Å². The Morgan fingerprint density at radius 1 is 1.41 bits per heavy atom. The van der Waals surface area contributed by atoms with Crippen LogP contribution in [0.15, 0.2) is 4.99 Å². The Kier molecular flexibility index (Phi) is 10.5. The number of halogens is 1. The molecule has 1 rings (SSSR count). The third kappa shape index (κ3) is 8.45. The number of carbonyl (C=O) groups excluding carboxylic acids is 1. The summed E-state index contributed by atoms with van der Waals surface area (Å²) in [6, 6.07) is 0.189. The SMILES string of the molecule is CCNC(=NCCC(=O)NC(C)C)N1CCSC(C)(C)C1.I. The summed E-state index contributed by atoms with van der Waals surface area (Å²) in [5.74, 6) is 2.12. The molecule has 1 aliphatic heterocycles. The highest BCUT2D eigenvalue weighted by molar-refractivity contribution is 14.0. The molecule has 0 radical (unpaired) electrons. The van der Waals surface area contributed by atoms with Crippen molar-refractivity contribution in [2.24, 2.45) is 4.99 Å². The van der Waals surface area contributed by atoms with Crippen molar-refractivity contribution in [1.82, 2.24) is 15.5 Å². The molecular formula is C15H31IN4OS. The van der Waals surface area contributed by atoms with Gasteiger partial charge in [0.2, 0.25) is 5.91 Å². The summed E-state index contributed by atoms with van der Waals surface area (Å²) in [7, 11) is 0. The van der Waals surface area contributed by atoms with Gasteiger partial charge in [0, 0.05) is 42.6 Å². The van der Waals surface area contributed by atoms with E-state index in [2.05, 4.69) is 41.3 Å². The summed E-state index contributed by atoms with van der Waals surface area (Å²) in [6.45, 7) is 13.9. The van der Waals surface area contributed by atoms with Crippen LogP contribution in [0.2, 0.25) is 0 Å². The minimum absolute atomic E-state index is 0. The lowest BCUT2D eigenvalue weighted by Crippen LogP contribution is -2.51. The van der Waals surface area contributed by atoms with Gasteiger partial charge >= 0.3 is 0 Å². The van der Waals surface area contributed by atoms with E-state index in [-0.39, 0.29) is 40.7 Å². The first-order chi connectivity index (χ1) is 9.84. The second kappa shape index (κ2) is 10.6. The molecule has 0 bridgehead atoms. The number of nitrogens with zero attached hydrogens (tertiary/aromatic N) is 2. The molecule has 0 aromatic heterocycles. The van der Waals surface area contributed by atoms with Crippen LogP contribution in [0.1, 0.15) is 41.0 Å². The fraction of sp³-hybridized carbons (Fsp3) is 0.867. The number of rotatable bonds is 5. The minimum Gasteiger partial charge on any atom is -0.357 e. The van der Waals surface area contributed by atoms with Crippen LogP contribution in [0.5, 0.6) is 0 Å². The Hall–Kier alpha value is -0.180. The topological polar surface area (TPSA) is 56.7 Å². The van der Waals surface area contributed by atoms with Crippen molar-refractivity contribution in [3.05, 3.63) is 0 Å². The lowest BCUT2D eigenvalue weighted by atomic mass is 10.2. The summed E-state index contributed by atoms with van der Waals surface area (Å²) in [5.41, 5.74) is 0. The largest absolute Gasteiger partial charge is 0.357 e. The van der Waals surface area contributed by atoms with Gasteiger partial charge in [-0.05, 0) is 34.6 Å². The normalized spacial score (nSPS) is 17.9. The molecule has 0 atom stereocenters. The van der Waals surface area contributed by atoms with E-state index < -0.39 is 0 Å². The molecule has 0 aromatic rings. The van der Waals surface area contributed by atoms with Gasteiger partial charge in [-0.2, -0.15) is 11.8 Å². The lowest BCUT2D eigenvalue weighted by Gasteiger charge is -2.39. The van der Waals surface area contributed by atoms with E-state index in [4.69, 9.17) is 0 Å². The number of hydrogen-bond donors (Lipinski definition) is 2. The van der Waals surface area contributed by atoms with Gasteiger partial charge in [0.1, 0.15) is 0 Å². The molecule has 0 unspecified atom stereocenters. The second-order valence-corrected chi connectivity index (χ2v) is 8.04. The maximum atomic E-state index is 11.7. The van der Waals surface area contributed by atoms with E-state index in [1.807, 2.05) is 25.6 Å². The van der Waals surface area contributed by atoms with Crippen LogP contribution in [0.4, 0.5) is 0 Å². The molecule has 7 heteroatoms. The Morgan fingerprint density at radius 2 is 2.09 bits per heavy atom. The van der Waals surface area contributed by atoms with Crippen LogP contribution in [0, 0.1) is 0 Å². The van der Waals surface area contributed by atoms with Crippen LogP contribution in [-0.2, 0) is 4.79 Å². The summed E-state index contributed by atoms with van der Waals surface area (Å²) < 4.78 is 0.253. The summed E-state index contributed by atoms with van der Waals surface area (Å²) in [4.78, 5) is 18.6. The third-order valence-electron chi connectivity index (χ3n) is 3.11. The summed E-state index contributed by atoms with van der Waals surface area (Å²) in [6.07, 6.45) is 0.444. The molecule has 0 aromatic carbocycles. The molecule has 1 aliphatic rings. The van der Waals surface area contributed by atoms with E-state index in [0.29, 0.717) is 13.0 Å². The number of aliphatic imine (C=N–C) groups is 1. The van der Waals surface area contributed by atoms with Crippen molar-refractivity contribution in [2.75, 3.05) is 31.9 Å². The van der Waals surface area contributed by atoms with E-state index in [1.165, 1.54) is 0 Å². The molecule has 0 aliphatic carbocycles. The third-order valence-corrected chi connectivity index (χ3v) is 4.41. The predicted molar refractivity (Wildman–Crippen MR) is 107 cm³/mol. The van der Waals surface area contributed by atoms with Gasteiger partial charge < -0.3 is 15.5 Å². The zero-order valence-electron chi connectivity index (χ0n) is 14.4. The van der Waals surface area contributed by atoms with Crippen LogP contribution >= 0.6 is 35.7 Å². The molecule has 1 heterocycles. The van der Waals surface area contributed by atoms with E-state index >= 15 is 0 Å². The summed E-state index contributed by atoms with van der Waals surface area (Å²) in [5, 5.41) is 6.24. The first kappa shape index (κ1) is 21.8. The number of thioether (sulfide) groups is 1.